The third kappa shape index (κ3) is 53.9. The van der Waals surface area contributed by atoms with E-state index in [1.165, 1.54) is 270 Å². The predicted molar refractivity (Wildman–Crippen MR) is 297 cm³/mol. The molecule has 6 heteroatoms. The SMILES string of the molecule is CCCCCCCCC/C=C\CCCCCCCC(=O)OCCCCCCCCCCCCCCCCCCCCCCCCCCCCC(=O)NC(CO)C(O)CCCCCCCCCCC. The van der Waals surface area contributed by atoms with E-state index < -0.39 is 12.1 Å². The van der Waals surface area contributed by atoms with Crippen LogP contribution in [0.15, 0.2) is 12.2 Å². The molecular weight excluding hydrogens is 839 g/mol. The normalized spacial score (nSPS) is 12.6. The van der Waals surface area contributed by atoms with Crippen molar-refractivity contribution < 1.29 is 24.5 Å². The first kappa shape index (κ1) is 66.6. The fourth-order valence-corrected chi connectivity index (χ4v) is 9.81. The number of ether oxygens (including phenoxy) is 1. The smallest absolute Gasteiger partial charge is 0.305 e. The molecule has 68 heavy (non-hydrogen) atoms. The van der Waals surface area contributed by atoms with Gasteiger partial charge in [0.1, 0.15) is 0 Å². The molecule has 0 aliphatic heterocycles. The molecule has 6 nitrogen and oxygen atoms in total. The van der Waals surface area contributed by atoms with Crippen LogP contribution >= 0.6 is 0 Å². The summed E-state index contributed by atoms with van der Waals surface area (Å²) < 4.78 is 5.49. The fraction of sp³-hybridized carbons (Fsp3) is 0.935. The van der Waals surface area contributed by atoms with Crippen LogP contribution in [0.1, 0.15) is 348 Å². The first-order chi connectivity index (χ1) is 33.5. The van der Waals surface area contributed by atoms with Gasteiger partial charge in [-0.15, -0.1) is 0 Å². The van der Waals surface area contributed by atoms with Crippen LogP contribution in [-0.2, 0) is 14.3 Å². The molecule has 2 unspecified atom stereocenters. The third-order valence-corrected chi connectivity index (χ3v) is 14.6. The van der Waals surface area contributed by atoms with Gasteiger partial charge in [0.05, 0.1) is 25.4 Å². The number of rotatable bonds is 58. The third-order valence-electron chi connectivity index (χ3n) is 14.6. The Hall–Kier alpha value is -1.40. The summed E-state index contributed by atoms with van der Waals surface area (Å²) in [5.74, 6) is -0.0235. The van der Waals surface area contributed by atoms with Crippen molar-refractivity contribution in [3.05, 3.63) is 12.2 Å². The van der Waals surface area contributed by atoms with Crippen LogP contribution in [0.3, 0.4) is 0 Å². The van der Waals surface area contributed by atoms with Crippen molar-refractivity contribution in [3.63, 3.8) is 0 Å². The second-order valence-electron chi connectivity index (χ2n) is 21.4. The summed E-state index contributed by atoms with van der Waals surface area (Å²) in [6.45, 7) is 4.95. The zero-order valence-corrected chi connectivity index (χ0v) is 46.1. The molecule has 0 heterocycles. The molecule has 0 aliphatic carbocycles. The van der Waals surface area contributed by atoms with Crippen LogP contribution in [0.4, 0.5) is 0 Å². The van der Waals surface area contributed by atoms with Crippen molar-refractivity contribution in [1.82, 2.24) is 5.32 Å². The second-order valence-corrected chi connectivity index (χ2v) is 21.4. The fourth-order valence-electron chi connectivity index (χ4n) is 9.81. The lowest BCUT2D eigenvalue weighted by atomic mass is 10.0. The molecular formula is C62H121NO5. The highest BCUT2D eigenvalue weighted by Crippen LogP contribution is 2.18. The summed E-state index contributed by atoms with van der Waals surface area (Å²) in [4.78, 5) is 24.5. The molecule has 0 aromatic carbocycles. The molecule has 1 amide bonds. The number of allylic oxidation sites excluding steroid dienone is 2. The molecule has 0 saturated heterocycles. The number of aliphatic hydroxyl groups is 2. The minimum absolute atomic E-state index is 0.0103. The van der Waals surface area contributed by atoms with E-state index in [-0.39, 0.29) is 18.5 Å². The van der Waals surface area contributed by atoms with Crippen LogP contribution in [-0.4, -0.2) is 47.4 Å². The van der Waals surface area contributed by atoms with Crippen LogP contribution in [0.5, 0.6) is 0 Å². The van der Waals surface area contributed by atoms with Gasteiger partial charge in [-0.3, -0.25) is 9.59 Å². The summed E-state index contributed by atoms with van der Waals surface area (Å²) in [5.41, 5.74) is 0. The van der Waals surface area contributed by atoms with Gasteiger partial charge in [-0.05, 0) is 51.4 Å². The molecule has 0 bridgehead atoms. The van der Waals surface area contributed by atoms with E-state index in [2.05, 4.69) is 31.3 Å². The minimum atomic E-state index is -0.659. The topological polar surface area (TPSA) is 95.9 Å². The van der Waals surface area contributed by atoms with Gasteiger partial charge in [-0.1, -0.05) is 296 Å². The Morgan fingerprint density at radius 2 is 0.691 bits per heavy atom. The van der Waals surface area contributed by atoms with E-state index in [1.807, 2.05) is 0 Å². The number of carbonyl (C=O) groups excluding carboxylic acids is 2. The molecule has 0 saturated carbocycles. The van der Waals surface area contributed by atoms with E-state index in [0.29, 0.717) is 25.9 Å². The average molecular weight is 961 g/mol. The largest absolute Gasteiger partial charge is 0.466 e. The molecule has 0 spiro atoms. The number of hydrogen-bond acceptors (Lipinski definition) is 5. The van der Waals surface area contributed by atoms with E-state index in [0.717, 1.165) is 44.9 Å². The van der Waals surface area contributed by atoms with E-state index >= 15 is 0 Å². The maximum absolute atomic E-state index is 12.4. The van der Waals surface area contributed by atoms with Crippen molar-refractivity contribution in [2.45, 2.75) is 360 Å². The van der Waals surface area contributed by atoms with Gasteiger partial charge in [-0.25, -0.2) is 0 Å². The molecule has 0 aromatic heterocycles. The molecule has 0 radical (unpaired) electrons. The van der Waals surface area contributed by atoms with E-state index in [1.54, 1.807) is 0 Å². The second kappa shape index (κ2) is 58.2. The molecule has 0 aliphatic rings. The van der Waals surface area contributed by atoms with Crippen LogP contribution < -0.4 is 5.32 Å². The van der Waals surface area contributed by atoms with Crippen LogP contribution in [0, 0.1) is 0 Å². The van der Waals surface area contributed by atoms with Crippen LogP contribution in [0.25, 0.3) is 0 Å². The van der Waals surface area contributed by atoms with Gasteiger partial charge in [0.2, 0.25) is 5.91 Å². The Balaban J connectivity index is 3.31. The Labute approximate surface area is 425 Å². The minimum Gasteiger partial charge on any atom is -0.466 e. The number of nitrogens with one attached hydrogen (secondary N) is 1. The van der Waals surface area contributed by atoms with Gasteiger partial charge in [0.15, 0.2) is 0 Å². The van der Waals surface area contributed by atoms with Crippen LogP contribution in [0.2, 0.25) is 0 Å². The Morgan fingerprint density at radius 3 is 1.04 bits per heavy atom. The quantitative estimate of drug-likeness (QED) is 0.0321. The monoisotopic (exact) mass is 960 g/mol. The number of carbonyl (C=O) groups is 2. The van der Waals surface area contributed by atoms with E-state index in [4.69, 9.17) is 4.74 Å². The summed E-state index contributed by atoms with van der Waals surface area (Å²) in [5, 5.41) is 23.1. The average Bonchev–Trinajstić information content (AvgIpc) is 3.34. The van der Waals surface area contributed by atoms with Gasteiger partial charge in [-0.2, -0.15) is 0 Å². The number of aliphatic hydroxyl groups excluding tert-OH is 2. The number of amides is 1. The van der Waals surface area contributed by atoms with Crippen molar-refractivity contribution in [3.8, 4) is 0 Å². The van der Waals surface area contributed by atoms with Gasteiger partial charge in [0, 0.05) is 12.8 Å². The maximum Gasteiger partial charge on any atom is 0.305 e. The number of esters is 1. The van der Waals surface area contributed by atoms with Gasteiger partial charge in [0.25, 0.3) is 0 Å². The molecule has 0 aromatic rings. The van der Waals surface area contributed by atoms with Crippen molar-refractivity contribution in [1.29, 1.82) is 0 Å². The molecule has 0 fully saturated rings. The molecule has 2 atom stereocenters. The van der Waals surface area contributed by atoms with Crippen molar-refractivity contribution in [2.75, 3.05) is 13.2 Å². The number of hydrogen-bond donors (Lipinski definition) is 3. The predicted octanol–water partition coefficient (Wildman–Crippen LogP) is 19.2. The Kier molecular flexibility index (Phi) is 57.0. The first-order valence-electron chi connectivity index (χ1n) is 30.9. The summed E-state index contributed by atoms with van der Waals surface area (Å²) in [6, 6.07) is -0.537. The highest BCUT2D eigenvalue weighted by Gasteiger charge is 2.20. The highest BCUT2D eigenvalue weighted by atomic mass is 16.5. The molecule has 3 N–H and O–H groups in total. The Bertz CT molecular complexity index is 1020. The van der Waals surface area contributed by atoms with Gasteiger partial charge >= 0.3 is 5.97 Å². The zero-order chi connectivity index (χ0) is 49.3. The summed E-state index contributed by atoms with van der Waals surface area (Å²) in [7, 11) is 0. The Morgan fingerprint density at radius 1 is 0.397 bits per heavy atom. The molecule has 404 valence electrons. The first-order valence-corrected chi connectivity index (χ1v) is 30.9. The summed E-state index contributed by atoms with van der Waals surface area (Å²) in [6.07, 6.45) is 69.5. The van der Waals surface area contributed by atoms with Crippen molar-refractivity contribution in [2.24, 2.45) is 0 Å². The maximum atomic E-state index is 12.4. The van der Waals surface area contributed by atoms with E-state index in [9.17, 15) is 19.8 Å². The van der Waals surface area contributed by atoms with Gasteiger partial charge < -0.3 is 20.3 Å². The lowest BCUT2D eigenvalue weighted by Crippen LogP contribution is -2.45. The standard InChI is InChI=1S/C62H121NO5/c1-3-5-7-9-11-13-14-15-16-30-33-36-40-44-48-52-56-62(67)68-57-53-49-45-41-37-34-31-28-26-24-22-20-18-17-19-21-23-25-27-29-32-35-39-43-47-51-55-61(66)63-59(58-64)60(65)54-50-46-42-38-12-10-8-6-4-2/h16,30,59-60,64-65H,3-15,17-29,31-58H2,1-2H3,(H,63,66)/b30-16-. The lowest BCUT2D eigenvalue weighted by molar-refractivity contribution is -0.143. The number of unbranched alkanes of at least 4 members (excludes halogenated alkanes) is 45. The highest BCUT2D eigenvalue weighted by molar-refractivity contribution is 5.76. The summed E-state index contributed by atoms with van der Waals surface area (Å²) >= 11 is 0. The van der Waals surface area contributed by atoms with Crippen molar-refractivity contribution >= 4 is 11.9 Å². The lowest BCUT2D eigenvalue weighted by Gasteiger charge is -2.22. The molecule has 0 rings (SSSR count). The zero-order valence-electron chi connectivity index (χ0n) is 46.1.